The summed E-state index contributed by atoms with van der Waals surface area (Å²) in [4.78, 5) is 28.0. The van der Waals surface area contributed by atoms with Crippen LogP contribution in [0.5, 0.6) is 0 Å². The summed E-state index contributed by atoms with van der Waals surface area (Å²) in [5.74, 6) is 0.209. The number of pyridine rings is 1. The quantitative estimate of drug-likeness (QED) is 0.482. The van der Waals surface area contributed by atoms with E-state index in [9.17, 15) is 14.9 Å². The first-order valence-corrected chi connectivity index (χ1v) is 6.97. The summed E-state index contributed by atoms with van der Waals surface area (Å²) >= 11 is 6.06. The van der Waals surface area contributed by atoms with Crippen LogP contribution < -0.4 is 4.90 Å². The molecule has 0 N–H and O–H groups in total. The smallest absolute Gasteiger partial charge is 0.313 e. The number of halogens is 1. The Morgan fingerprint density at radius 1 is 1.67 bits per heavy atom. The van der Waals surface area contributed by atoms with E-state index in [1.54, 1.807) is 6.92 Å². The fourth-order valence-electron chi connectivity index (χ4n) is 2.37. The van der Waals surface area contributed by atoms with E-state index in [4.69, 9.17) is 16.3 Å². The lowest BCUT2D eigenvalue weighted by atomic mass is 9.90. The van der Waals surface area contributed by atoms with Crippen molar-refractivity contribution in [1.82, 2.24) is 4.98 Å². The van der Waals surface area contributed by atoms with E-state index >= 15 is 0 Å². The predicted molar refractivity (Wildman–Crippen MR) is 77.5 cm³/mol. The van der Waals surface area contributed by atoms with Crippen molar-refractivity contribution in [2.45, 2.75) is 20.3 Å². The van der Waals surface area contributed by atoms with E-state index in [0.29, 0.717) is 31.9 Å². The van der Waals surface area contributed by atoms with Gasteiger partial charge in [0.2, 0.25) is 0 Å². The van der Waals surface area contributed by atoms with Gasteiger partial charge >= 0.3 is 5.97 Å². The van der Waals surface area contributed by atoms with Crippen LogP contribution >= 0.6 is 11.6 Å². The Kier molecular flexibility index (Phi) is 4.32. The minimum Gasteiger partial charge on any atom is -0.466 e. The number of anilines is 1. The monoisotopic (exact) mass is 313 g/mol. The Morgan fingerprint density at radius 3 is 2.95 bits per heavy atom. The number of rotatable bonds is 4. The Hall–Kier alpha value is -1.89. The third-order valence-electron chi connectivity index (χ3n) is 3.56. The zero-order valence-electron chi connectivity index (χ0n) is 11.8. The normalized spacial score (nSPS) is 21.4. The number of carbonyl (C=O) groups is 1. The average Bonchev–Trinajstić information content (AvgIpc) is 2.82. The molecule has 7 nitrogen and oxygen atoms in total. The Bertz CT molecular complexity index is 581. The topological polar surface area (TPSA) is 85.6 Å². The second kappa shape index (κ2) is 5.85. The summed E-state index contributed by atoms with van der Waals surface area (Å²) in [6.07, 6.45) is 1.79. The summed E-state index contributed by atoms with van der Waals surface area (Å²) in [5, 5.41) is 10.9. The standard InChI is InChI=1S/C13H16ClN3O4/c1-3-21-12(18)13(2)4-5-16(8-13)11-10(14)6-9(7-15-11)17(19)20/h6-7H,3-5,8H2,1-2H3. The molecule has 1 aromatic rings. The van der Waals surface area contributed by atoms with Gasteiger partial charge in [-0.05, 0) is 20.3 Å². The Morgan fingerprint density at radius 2 is 2.38 bits per heavy atom. The van der Waals surface area contributed by atoms with Gasteiger partial charge in [-0.2, -0.15) is 0 Å². The fraction of sp³-hybridized carbons (Fsp3) is 0.538. The van der Waals surface area contributed by atoms with Crippen molar-refractivity contribution >= 4 is 29.1 Å². The molecule has 0 aromatic carbocycles. The molecule has 1 saturated heterocycles. The molecule has 2 heterocycles. The van der Waals surface area contributed by atoms with Gasteiger partial charge in [-0.25, -0.2) is 4.98 Å². The number of aromatic nitrogens is 1. The number of hydrogen-bond acceptors (Lipinski definition) is 6. The molecule has 0 saturated carbocycles. The molecule has 1 unspecified atom stereocenters. The molecule has 114 valence electrons. The third kappa shape index (κ3) is 3.07. The highest BCUT2D eigenvalue weighted by molar-refractivity contribution is 6.33. The van der Waals surface area contributed by atoms with Crippen LogP contribution in [0.3, 0.4) is 0 Å². The number of nitrogens with zero attached hydrogens (tertiary/aromatic N) is 3. The molecule has 0 radical (unpaired) electrons. The molecule has 0 spiro atoms. The number of hydrogen-bond donors (Lipinski definition) is 0. The van der Waals surface area contributed by atoms with Gasteiger partial charge < -0.3 is 9.64 Å². The summed E-state index contributed by atoms with van der Waals surface area (Å²) < 4.78 is 5.09. The maximum atomic E-state index is 12.0. The van der Waals surface area contributed by atoms with E-state index in [2.05, 4.69) is 4.98 Å². The summed E-state index contributed by atoms with van der Waals surface area (Å²) in [5.41, 5.74) is -0.765. The largest absolute Gasteiger partial charge is 0.466 e. The molecule has 1 fully saturated rings. The van der Waals surface area contributed by atoms with Crippen LogP contribution in [0.1, 0.15) is 20.3 Å². The van der Waals surface area contributed by atoms with Crippen LogP contribution in [-0.2, 0) is 9.53 Å². The van der Waals surface area contributed by atoms with Crippen LogP contribution in [0.2, 0.25) is 5.02 Å². The van der Waals surface area contributed by atoms with Crippen LogP contribution in [0.15, 0.2) is 12.3 Å². The number of carbonyl (C=O) groups excluding carboxylic acids is 1. The maximum Gasteiger partial charge on any atom is 0.313 e. The van der Waals surface area contributed by atoms with Crippen LogP contribution in [-0.4, -0.2) is 35.6 Å². The lowest BCUT2D eigenvalue weighted by molar-refractivity contribution is -0.385. The lowest BCUT2D eigenvalue weighted by Crippen LogP contribution is -2.33. The van der Waals surface area contributed by atoms with Crippen molar-refractivity contribution in [3.05, 3.63) is 27.4 Å². The van der Waals surface area contributed by atoms with E-state index in [-0.39, 0.29) is 16.7 Å². The Labute approximate surface area is 127 Å². The van der Waals surface area contributed by atoms with Gasteiger partial charge in [-0.15, -0.1) is 0 Å². The molecule has 1 aliphatic heterocycles. The van der Waals surface area contributed by atoms with Gasteiger partial charge in [0, 0.05) is 19.2 Å². The maximum absolute atomic E-state index is 12.0. The number of esters is 1. The van der Waals surface area contributed by atoms with Crippen molar-refractivity contribution < 1.29 is 14.5 Å². The second-order valence-corrected chi connectivity index (χ2v) is 5.62. The molecule has 1 aromatic heterocycles. The van der Waals surface area contributed by atoms with Crippen molar-refractivity contribution in [3.8, 4) is 0 Å². The van der Waals surface area contributed by atoms with Gasteiger partial charge in [0.25, 0.3) is 5.69 Å². The number of ether oxygens (including phenoxy) is 1. The molecule has 2 rings (SSSR count). The van der Waals surface area contributed by atoms with Gasteiger partial charge in [-0.3, -0.25) is 14.9 Å². The molecule has 8 heteroatoms. The first-order chi connectivity index (χ1) is 9.87. The molecule has 21 heavy (non-hydrogen) atoms. The molecule has 0 bridgehead atoms. The summed E-state index contributed by atoms with van der Waals surface area (Å²) in [6, 6.07) is 1.27. The highest BCUT2D eigenvalue weighted by Crippen LogP contribution is 2.36. The molecule has 1 atom stereocenters. The molecular weight excluding hydrogens is 298 g/mol. The van der Waals surface area contributed by atoms with Crippen LogP contribution in [0.25, 0.3) is 0 Å². The van der Waals surface area contributed by atoms with Crippen molar-refractivity contribution in [2.24, 2.45) is 5.41 Å². The van der Waals surface area contributed by atoms with E-state index in [1.807, 2.05) is 11.8 Å². The van der Waals surface area contributed by atoms with E-state index in [0.717, 1.165) is 0 Å². The van der Waals surface area contributed by atoms with Crippen molar-refractivity contribution in [3.63, 3.8) is 0 Å². The summed E-state index contributed by atoms with van der Waals surface area (Å²) in [6.45, 7) is 4.97. The summed E-state index contributed by atoms with van der Waals surface area (Å²) in [7, 11) is 0. The predicted octanol–water partition coefficient (Wildman–Crippen LogP) is 2.42. The average molecular weight is 314 g/mol. The first kappa shape index (κ1) is 15.5. The second-order valence-electron chi connectivity index (χ2n) is 5.21. The van der Waals surface area contributed by atoms with Crippen LogP contribution in [0.4, 0.5) is 11.5 Å². The SMILES string of the molecule is CCOC(=O)C1(C)CCN(c2ncc([N+](=O)[O-])cc2Cl)C1. The first-order valence-electron chi connectivity index (χ1n) is 6.59. The zero-order chi connectivity index (χ0) is 15.6. The van der Waals surface area contributed by atoms with Gasteiger partial charge in [0.15, 0.2) is 0 Å². The molecule has 0 amide bonds. The van der Waals surface area contributed by atoms with E-state index < -0.39 is 10.3 Å². The van der Waals surface area contributed by atoms with Crippen molar-refractivity contribution in [1.29, 1.82) is 0 Å². The minimum atomic E-state index is -0.608. The number of nitro groups is 1. The fourth-order valence-corrected chi connectivity index (χ4v) is 2.65. The zero-order valence-corrected chi connectivity index (χ0v) is 12.6. The highest BCUT2D eigenvalue weighted by Gasteiger charge is 2.42. The highest BCUT2D eigenvalue weighted by atomic mass is 35.5. The molecule has 0 aliphatic carbocycles. The molecular formula is C13H16ClN3O4. The van der Waals surface area contributed by atoms with Gasteiger partial charge in [0.1, 0.15) is 12.0 Å². The minimum absolute atomic E-state index is 0.156. The van der Waals surface area contributed by atoms with Gasteiger partial charge in [-0.1, -0.05) is 11.6 Å². The third-order valence-corrected chi connectivity index (χ3v) is 3.84. The van der Waals surface area contributed by atoms with Crippen LogP contribution in [0, 0.1) is 15.5 Å². The van der Waals surface area contributed by atoms with Gasteiger partial charge in [0.05, 0.1) is 22.0 Å². The van der Waals surface area contributed by atoms with Crippen molar-refractivity contribution in [2.75, 3.05) is 24.6 Å². The molecule has 1 aliphatic rings. The Balaban J connectivity index is 2.18. The lowest BCUT2D eigenvalue weighted by Gasteiger charge is -2.23. The van der Waals surface area contributed by atoms with E-state index in [1.165, 1.54) is 12.3 Å².